The first-order valence-corrected chi connectivity index (χ1v) is 18.8. The van der Waals surface area contributed by atoms with E-state index in [4.69, 9.17) is 18.6 Å². The number of carbonyl (C=O) groups is 2. The Hall–Kier alpha value is -3.42. The molecule has 0 amide bonds. The largest absolute Gasteiger partial charge is 0.496 e. The summed E-state index contributed by atoms with van der Waals surface area (Å²) in [5.74, 6) is 2.63. The van der Waals surface area contributed by atoms with Crippen molar-refractivity contribution in [1.29, 1.82) is 0 Å². The molecule has 0 aliphatic heterocycles. The fourth-order valence-electron chi connectivity index (χ4n) is 8.76. The molecule has 46 heavy (non-hydrogen) atoms. The lowest BCUT2D eigenvalue weighted by Crippen LogP contribution is -2.48. The lowest BCUT2D eigenvalue weighted by atomic mass is 9.48. The van der Waals surface area contributed by atoms with Crippen LogP contribution in [0.25, 0.3) is 0 Å². The summed E-state index contributed by atoms with van der Waals surface area (Å²) in [5, 5.41) is 0. The predicted molar refractivity (Wildman–Crippen MR) is 180 cm³/mol. The molecule has 0 N–H and O–H groups in total. The van der Waals surface area contributed by atoms with Crippen LogP contribution in [0.15, 0.2) is 72.8 Å². The Morgan fingerprint density at radius 3 is 2.17 bits per heavy atom. The summed E-state index contributed by atoms with van der Waals surface area (Å²) >= 11 is 0. The van der Waals surface area contributed by atoms with E-state index < -0.39 is 9.04 Å². The van der Waals surface area contributed by atoms with Crippen LogP contribution in [0.5, 0.6) is 5.75 Å². The first-order chi connectivity index (χ1) is 22.1. The van der Waals surface area contributed by atoms with Crippen LogP contribution in [0, 0.1) is 23.2 Å². The van der Waals surface area contributed by atoms with Crippen LogP contribution >= 0.6 is 0 Å². The third kappa shape index (κ3) is 7.42. The Kier molecular flexibility index (Phi) is 9.71. The highest BCUT2D eigenvalue weighted by molar-refractivity contribution is 6.50. The van der Waals surface area contributed by atoms with Crippen LogP contribution in [0.2, 0.25) is 12.6 Å². The van der Waals surface area contributed by atoms with E-state index in [9.17, 15) is 9.59 Å². The molecule has 0 atom stereocenters. The van der Waals surface area contributed by atoms with Gasteiger partial charge in [-0.2, -0.15) is 0 Å². The molecule has 0 saturated heterocycles. The highest BCUT2D eigenvalue weighted by atomic mass is 28.3. The summed E-state index contributed by atoms with van der Waals surface area (Å²) in [6.45, 7) is 6.39. The number of rotatable bonds is 13. The molecule has 4 bridgehead atoms. The molecule has 4 fully saturated rings. The van der Waals surface area contributed by atoms with E-state index in [1.54, 1.807) is 13.2 Å². The maximum atomic E-state index is 13.3. The topological polar surface area (TPSA) is 71.1 Å². The van der Waals surface area contributed by atoms with E-state index in [0.717, 1.165) is 40.7 Å². The monoisotopic (exact) mass is 639 g/mol. The molecule has 0 unspecified atom stereocenters. The van der Waals surface area contributed by atoms with Gasteiger partial charge in [-0.15, -0.1) is 0 Å². The quantitative estimate of drug-likeness (QED) is 0.106. The van der Waals surface area contributed by atoms with Crippen molar-refractivity contribution in [1.82, 2.24) is 0 Å². The molecule has 0 aromatic heterocycles. The molecule has 4 saturated carbocycles. The first-order valence-electron chi connectivity index (χ1n) is 16.7. The van der Waals surface area contributed by atoms with Crippen molar-refractivity contribution < 1.29 is 28.2 Å². The Labute approximate surface area is 275 Å². The van der Waals surface area contributed by atoms with E-state index in [-0.39, 0.29) is 36.2 Å². The van der Waals surface area contributed by atoms with E-state index in [0.29, 0.717) is 17.5 Å². The molecule has 7 rings (SSSR count). The van der Waals surface area contributed by atoms with Crippen molar-refractivity contribution in [2.45, 2.75) is 76.8 Å². The second-order valence-corrected chi connectivity index (χ2v) is 16.8. The normalized spacial score (nSPS) is 23.4. The molecule has 3 aromatic rings. The zero-order valence-electron chi connectivity index (χ0n) is 27.7. The number of methoxy groups -OCH3 is 1. The number of esters is 2. The molecule has 0 heterocycles. The van der Waals surface area contributed by atoms with Gasteiger partial charge in [0.1, 0.15) is 5.75 Å². The van der Waals surface area contributed by atoms with Crippen molar-refractivity contribution >= 4 is 21.0 Å². The lowest BCUT2D eigenvalue weighted by molar-refractivity contribution is -0.00623. The van der Waals surface area contributed by atoms with E-state index >= 15 is 0 Å². The van der Waals surface area contributed by atoms with Crippen LogP contribution in [0.3, 0.4) is 0 Å². The maximum Gasteiger partial charge on any atom is 0.340 e. The van der Waals surface area contributed by atoms with Gasteiger partial charge in [-0.3, -0.25) is 0 Å². The molecule has 3 aromatic carbocycles. The summed E-state index contributed by atoms with van der Waals surface area (Å²) in [5.41, 5.74) is 4.24. The van der Waals surface area contributed by atoms with Gasteiger partial charge in [-0.1, -0.05) is 62.4 Å². The van der Waals surface area contributed by atoms with Crippen LogP contribution < -0.4 is 4.74 Å². The van der Waals surface area contributed by atoms with Gasteiger partial charge in [0.15, 0.2) is 6.79 Å². The molecule has 243 valence electrons. The van der Waals surface area contributed by atoms with Crippen LogP contribution in [0.4, 0.5) is 0 Å². The lowest BCUT2D eigenvalue weighted by Gasteiger charge is -2.57. The third-order valence-corrected chi connectivity index (χ3v) is 12.4. The second kappa shape index (κ2) is 13.7. The average molecular weight is 640 g/mol. The van der Waals surface area contributed by atoms with Gasteiger partial charge in [0.05, 0.1) is 24.8 Å². The smallest absolute Gasteiger partial charge is 0.340 e. The van der Waals surface area contributed by atoms with Crippen LogP contribution in [-0.4, -0.2) is 41.5 Å². The van der Waals surface area contributed by atoms with Gasteiger partial charge in [0.25, 0.3) is 0 Å². The summed E-state index contributed by atoms with van der Waals surface area (Å²) in [6.07, 6.45) is 8.38. The Bertz CT molecular complexity index is 1500. The number of carbonyl (C=O) groups excluding carboxylic acids is 2. The summed E-state index contributed by atoms with van der Waals surface area (Å²) in [7, 11) is 0.415. The van der Waals surface area contributed by atoms with Gasteiger partial charge < -0.3 is 18.6 Å². The maximum absolute atomic E-state index is 13.3. The zero-order valence-corrected chi connectivity index (χ0v) is 28.7. The molecule has 4 aliphatic rings. The summed E-state index contributed by atoms with van der Waals surface area (Å²) < 4.78 is 23.3. The summed E-state index contributed by atoms with van der Waals surface area (Å²) in [4.78, 5) is 26.3. The predicted octanol–water partition coefficient (Wildman–Crippen LogP) is 8.39. The number of hydrogen-bond acceptors (Lipinski definition) is 6. The van der Waals surface area contributed by atoms with Crippen LogP contribution in [0.1, 0.15) is 89.8 Å². The second-order valence-electron chi connectivity index (χ2n) is 14.7. The van der Waals surface area contributed by atoms with E-state index in [1.165, 1.54) is 44.1 Å². The average Bonchev–Trinajstić information content (AvgIpc) is 3.03. The Morgan fingerprint density at radius 1 is 0.848 bits per heavy atom. The minimum atomic E-state index is -1.32. The molecule has 7 heteroatoms. The molecule has 4 aliphatic carbocycles. The van der Waals surface area contributed by atoms with Gasteiger partial charge in [-0.25, -0.2) is 9.59 Å². The highest BCUT2D eigenvalue weighted by Gasteiger charge is 2.52. The van der Waals surface area contributed by atoms with Crippen molar-refractivity contribution in [3.8, 4) is 5.75 Å². The fraction of sp³-hybridized carbons (Fsp3) is 0.487. The Morgan fingerprint density at radius 2 is 1.50 bits per heavy atom. The van der Waals surface area contributed by atoms with Gasteiger partial charge >= 0.3 is 11.9 Å². The Balaban J connectivity index is 1.00. The van der Waals surface area contributed by atoms with Gasteiger partial charge in [0.2, 0.25) is 9.04 Å². The van der Waals surface area contributed by atoms with Crippen molar-refractivity contribution in [2.24, 2.45) is 23.2 Å². The number of ether oxygens (including phenoxy) is 3. The molecular weight excluding hydrogens is 593 g/mol. The SMILES string of the molecule is COc1ccc(C(=O)OCC(C)(C)C[Si](C)OCOC(=O)c2ccccc2Cc2ccccc2)cc1C12CC3CC(CC(C3)C1)C2. The molecular formula is C39H47O6Si. The molecule has 6 nitrogen and oxygen atoms in total. The fourth-order valence-corrected chi connectivity index (χ4v) is 10.6. The number of hydrogen-bond donors (Lipinski definition) is 0. The molecule has 0 spiro atoms. The molecule has 1 radical (unpaired) electrons. The van der Waals surface area contributed by atoms with Crippen molar-refractivity contribution in [3.63, 3.8) is 0 Å². The minimum absolute atomic E-state index is 0.0991. The van der Waals surface area contributed by atoms with E-state index in [1.807, 2.05) is 67.2 Å². The summed E-state index contributed by atoms with van der Waals surface area (Å²) in [6, 6.07) is 24.2. The van der Waals surface area contributed by atoms with Crippen molar-refractivity contribution in [2.75, 3.05) is 20.5 Å². The van der Waals surface area contributed by atoms with E-state index in [2.05, 4.69) is 19.9 Å². The third-order valence-electron chi connectivity index (χ3n) is 10.3. The standard InChI is InChI=1S/C39H47O6Si/c1-38(2,25-46(4)45-26-44-37(41)33-13-9-8-12-31(33)19-27-10-6-5-7-11-27)24-43-36(40)32-14-15-35(42-3)34(20-32)39-21-28-16-29(22-39)18-30(17-28)23-39/h5-15,20,28-30H,16-19,21-26H2,1-4H3. The van der Waals surface area contributed by atoms with Crippen molar-refractivity contribution in [3.05, 3.63) is 101 Å². The number of benzene rings is 3. The van der Waals surface area contributed by atoms with Gasteiger partial charge in [-0.05, 0) is 122 Å². The zero-order chi connectivity index (χ0) is 32.3. The van der Waals surface area contributed by atoms with Crippen LogP contribution in [-0.2, 0) is 25.7 Å². The highest BCUT2D eigenvalue weighted by Crippen LogP contribution is 2.62. The minimum Gasteiger partial charge on any atom is -0.496 e. The first kappa shape index (κ1) is 32.5. The van der Waals surface area contributed by atoms with Gasteiger partial charge in [0, 0.05) is 5.56 Å².